The molecule has 0 spiro atoms. The first-order valence-corrected chi connectivity index (χ1v) is 12.1. The summed E-state index contributed by atoms with van der Waals surface area (Å²) in [5.41, 5.74) is 4.59. The number of carbonyl (C=O) groups excluding carboxylic acids is 2. The summed E-state index contributed by atoms with van der Waals surface area (Å²) in [6, 6.07) is 15.9. The van der Waals surface area contributed by atoms with Crippen LogP contribution in [-0.4, -0.2) is 55.5 Å². The molecule has 186 valence electrons. The third-order valence-corrected chi connectivity index (χ3v) is 6.99. The van der Waals surface area contributed by atoms with E-state index in [1.165, 1.54) is 7.11 Å². The number of fused-ring (bicyclic) bond motifs is 3. The predicted octanol–water partition coefficient (Wildman–Crippen LogP) is 3.69. The van der Waals surface area contributed by atoms with Gasteiger partial charge in [-0.05, 0) is 35.1 Å². The molecular formula is C27H32N2O6. The van der Waals surface area contributed by atoms with Crippen LogP contribution in [0.1, 0.15) is 49.1 Å². The van der Waals surface area contributed by atoms with Crippen molar-refractivity contribution in [2.75, 3.05) is 20.3 Å². The second kappa shape index (κ2) is 11.4. The minimum atomic E-state index is -0.879. The molecule has 0 bridgehead atoms. The molecule has 2 amide bonds. The van der Waals surface area contributed by atoms with Crippen molar-refractivity contribution in [2.45, 2.75) is 50.2 Å². The van der Waals surface area contributed by atoms with Crippen molar-refractivity contribution in [3.63, 3.8) is 0 Å². The molecule has 2 aliphatic rings. The molecule has 0 radical (unpaired) electrons. The van der Waals surface area contributed by atoms with Gasteiger partial charge in [0.15, 0.2) is 0 Å². The van der Waals surface area contributed by atoms with Crippen molar-refractivity contribution in [3.8, 4) is 11.1 Å². The van der Waals surface area contributed by atoms with E-state index >= 15 is 0 Å². The molecule has 3 atom stereocenters. The van der Waals surface area contributed by atoms with Gasteiger partial charge in [0.25, 0.3) is 0 Å². The van der Waals surface area contributed by atoms with Crippen LogP contribution in [0.15, 0.2) is 48.5 Å². The summed E-state index contributed by atoms with van der Waals surface area (Å²) in [4.78, 5) is 36.4. The van der Waals surface area contributed by atoms with Gasteiger partial charge in [-0.1, -0.05) is 61.4 Å². The fraction of sp³-hybridized carbons (Fsp3) is 0.444. The highest BCUT2D eigenvalue weighted by molar-refractivity contribution is 5.80. The largest absolute Gasteiger partial charge is 0.481 e. The number of alkyl carbamates (subject to hydrolysis) is 1. The zero-order chi connectivity index (χ0) is 24.8. The van der Waals surface area contributed by atoms with E-state index in [9.17, 15) is 19.5 Å². The summed E-state index contributed by atoms with van der Waals surface area (Å²) in [5, 5.41) is 14.9. The fourth-order valence-corrected chi connectivity index (χ4v) is 5.16. The number of carboxylic acids is 1. The highest BCUT2D eigenvalue weighted by atomic mass is 16.5. The molecule has 3 N–H and O–H groups in total. The molecule has 35 heavy (non-hydrogen) atoms. The Morgan fingerprint density at radius 3 is 2.26 bits per heavy atom. The van der Waals surface area contributed by atoms with Crippen LogP contribution in [0.4, 0.5) is 4.79 Å². The number of benzene rings is 2. The lowest BCUT2D eigenvalue weighted by molar-refractivity contribution is -0.144. The van der Waals surface area contributed by atoms with Gasteiger partial charge >= 0.3 is 12.1 Å². The van der Waals surface area contributed by atoms with Gasteiger partial charge in [-0.3, -0.25) is 9.59 Å². The van der Waals surface area contributed by atoms with Crippen LogP contribution in [0.5, 0.6) is 0 Å². The fourth-order valence-electron chi connectivity index (χ4n) is 5.16. The van der Waals surface area contributed by atoms with E-state index in [1.807, 2.05) is 24.3 Å². The highest BCUT2D eigenvalue weighted by Gasteiger charge is 2.32. The molecule has 8 heteroatoms. The summed E-state index contributed by atoms with van der Waals surface area (Å²) in [7, 11) is 1.47. The number of aliphatic carboxylic acids is 1. The topological polar surface area (TPSA) is 114 Å². The van der Waals surface area contributed by atoms with E-state index in [-0.39, 0.29) is 37.4 Å². The van der Waals surface area contributed by atoms with Crippen LogP contribution < -0.4 is 10.6 Å². The van der Waals surface area contributed by atoms with Crippen molar-refractivity contribution in [3.05, 3.63) is 59.7 Å². The van der Waals surface area contributed by atoms with Gasteiger partial charge in [-0.2, -0.15) is 0 Å². The Kier molecular flexibility index (Phi) is 8.02. The monoisotopic (exact) mass is 480 g/mol. The van der Waals surface area contributed by atoms with Crippen LogP contribution in [0.25, 0.3) is 11.1 Å². The Morgan fingerprint density at radius 1 is 1.00 bits per heavy atom. The summed E-state index contributed by atoms with van der Waals surface area (Å²) in [5.74, 6) is -1.76. The molecule has 4 rings (SSSR count). The SMILES string of the molecule is COC(CNC(=O)OCC1c2ccccc2-c2ccccc21)CC(=O)NC1CCCCC1C(=O)O. The van der Waals surface area contributed by atoms with Crippen LogP contribution in [0.3, 0.4) is 0 Å². The maximum Gasteiger partial charge on any atom is 0.407 e. The van der Waals surface area contributed by atoms with E-state index in [2.05, 4.69) is 34.9 Å². The minimum absolute atomic E-state index is 0.0169. The zero-order valence-electron chi connectivity index (χ0n) is 19.9. The summed E-state index contributed by atoms with van der Waals surface area (Å²) < 4.78 is 10.9. The molecule has 3 unspecified atom stereocenters. The highest BCUT2D eigenvalue weighted by Crippen LogP contribution is 2.44. The van der Waals surface area contributed by atoms with Crippen LogP contribution in [-0.2, 0) is 19.1 Å². The molecule has 1 saturated carbocycles. The lowest BCUT2D eigenvalue weighted by Gasteiger charge is -2.29. The average molecular weight is 481 g/mol. The standard InChI is InChI=1S/C27H32N2O6/c1-34-17(14-25(30)29-24-13-7-6-12-22(24)26(31)32)15-28-27(33)35-16-23-20-10-4-2-8-18(20)19-9-3-5-11-21(19)23/h2-5,8-11,17,22-24H,6-7,12-16H2,1H3,(H,28,33)(H,29,30)(H,31,32). The van der Waals surface area contributed by atoms with Crippen molar-refractivity contribution in [1.29, 1.82) is 0 Å². The number of ether oxygens (including phenoxy) is 2. The molecule has 0 aliphatic heterocycles. The van der Waals surface area contributed by atoms with Crippen molar-refractivity contribution in [1.82, 2.24) is 10.6 Å². The number of rotatable bonds is 9. The van der Waals surface area contributed by atoms with E-state index in [0.29, 0.717) is 12.8 Å². The predicted molar refractivity (Wildman–Crippen MR) is 130 cm³/mol. The number of amides is 2. The van der Waals surface area contributed by atoms with Gasteiger partial charge in [0.2, 0.25) is 5.91 Å². The van der Waals surface area contributed by atoms with Gasteiger partial charge in [0.05, 0.1) is 18.4 Å². The Bertz CT molecular complexity index is 1030. The first kappa shape index (κ1) is 24.7. The molecule has 2 aromatic carbocycles. The summed E-state index contributed by atoms with van der Waals surface area (Å²) in [6.45, 7) is 0.309. The zero-order valence-corrected chi connectivity index (χ0v) is 19.9. The number of carboxylic acid groups (broad SMARTS) is 1. The number of hydrogen-bond acceptors (Lipinski definition) is 5. The molecule has 1 fully saturated rings. The average Bonchev–Trinajstić information content (AvgIpc) is 3.19. The van der Waals surface area contributed by atoms with Crippen molar-refractivity contribution in [2.24, 2.45) is 5.92 Å². The van der Waals surface area contributed by atoms with Crippen LogP contribution in [0.2, 0.25) is 0 Å². The third-order valence-electron chi connectivity index (χ3n) is 6.99. The van der Waals surface area contributed by atoms with Crippen molar-refractivity contribution >= 4 is 18.0 Å². The normalized spacial score (nSPS) is 19.8. The number of nitrogens with one attached hydrogen (secondary N) is 2. The molecule has 0 heterocycles. The number of hydrogen-bond donors (Lipinski definition) is 3. The van der Waals surface area contributed by atoms with E-state index in [0.717, 1.165) is 35.1 Å². The number of carbonyl (C=O) groups is 3. The third kappa shape index (κ3) is 5.82. The second-order valence-corrected chi connectivity index (χ2v) is 9.17. The Balaban J connectivity index is 1.26. The smallest absolute Gasteiger partial charge is 0.407 e. The quantitative estimate of drug-likeness (QED) is 0.504. The lowest BCUT2D eigenvalue weighted by Crippen LogP contribution is -2.46. The second-order valence-electron chi connectivity index (χ2n) is 9.17. The Hall–Kier alpha value is -3.39. The molecule has 2 aliphatic carbocycles. The van der Waals surface area contributed by atoms with Crippen molar-refractivity contribution < 1.29 is 29.0 Å². The van der Waals surface area contributed by atoms with Gasteiger partial charge in [0.1, 0.15) is 6.61 Å². The molecule has 2 aromatic rings. The molecular weight excluding hydrogens is 448 g/mol. The summed E-state index contributed by atoms with van der Waals surface area (Å²) in [6.07, 6.45) is 1.85. The minimum Gasteiger partial charge on any atom is -0.481 e. The maximum atomic E-state index is 12.5. The molecule has 0 aromatic heterocycles. The van der Waals surface area contributed by atoms with E-state index in [1.54, 1.807) is 0 Å². The maximum absolute atomic E-state index is 12.5. The van der Waals surface area contributed by atoms with E-state index in [4.69, 9.17) is 9.47 Å². The van der Waals surface area contributed by atoms with Gasteiger partial charge in [0, 0.05) is 25.6 Å². The van der Waals surface area contributed by atoms with Gasteiger partial charge < -0.3 is 25.2 Å². The number of methoxy groups -OCH3 is 1. The Morgan fingerprint density at radius 2 is 1.63 bits per heavy atom. The van der Waals surface area contributed by atoms with Crippen LogP contribution in [0, 0.1) is 5.92 Å². The van der Waals surface area contributed by atoms with E-state index < -0.39 is 24.1 Å². The summed E-state index contributed by atoms with van der Waals surface area (Å²) >= 11 is 0. The van der Waals surface area contributed by atoms with Gasteiger partial charge in [-0.15, -0.1) is 0 Å². The first-order chi connectivity index (χ1) is 17.0. The Labute approximate surface area is 205 Å². The van der Waals surface area contributed by atoms with Crippen LogP contribution >= 0.6 is 0 Å². The van der Waals surface area contributed by atoms with Gasteiger partial charge in [-0.25, -0.2) is 4.79 Å². The molecule has 8 nitrogen and oxygen atoms in total. The molecule has 0 saturated heterocycles. The lowest BCUT2D eigenvalue weighted by atomic mass is 9.84. The first-order valence-electron chi connectivity index (χ1n) is 12.1.